The number of aryl methyl sites for hydroxylation is 1. The molecular formula is C10H18N4O. The van der Waals surface area contributed by atoms with Gasteiger partial charge in [-0.05, 0) is 25.6 Å². The molecule has 0 aliphatic carbocycles. The highest BCUT2D eigenvalue weighted by Gasteiger charge is 1.97. The third-order valence-corrected chi connectivity index (χ3v) is 1.68. The van der Waals surface area contributed by atoms with Crippen molar-refractivity contribution in [1.82, 2.24) is 10.3 Å². The van der Waals surface area contributed by atoms with Crippen molar-refractivity contribution in [2.75, 3.05) is 19.3 Å². The van der Waals surface area contributed by atoms with Gasteiger partial charge in [0, 0.05) is 18.8 Å². The maximum atomic E-state index is 9.05. The number of aldehydes is 1. The summed E-state index contributed by atoms with van der Waals surface area (Å²) in [6.45, 7) is 2.95. The Labute approximate surface area is 89.9 Å². The van der Waals surface area contributed by atoms with Crippen molar-refractivity contribution < 1.29 is 4.79 Å². The minimum absolute atomic E-state index is 0.139. The summed E-state index contributed by atoms with van der Waals surface area (Å²) in [6, 6.07) is 3.81. The first kappa shape index (κ1) is 13.5. The first-order valence-corrected chi connectivity index (χ1v) is 4.66. The molecule has 0 amide bonds. The van der Waals surface area contributed by atoms with Crippen LogP contribution in [0.25, 0.3) is 0 Å². The van der Waals surface area contributed by atoms with Crippen molar-refractivity contribution in [2.24, 2.45) is 5.73 Å². The Kier molecular flexibility index (Phi) is 7.13. The molecule has 15 heavy (non-hydrogen) atoms. The monoisotopic (exact) mass is 210 g/mol. The molecule has 1 rings (SSSR count). The van der Waals surface area contributed by atoms with Crippen LogP contribution in [0.2, 0.25) is 0 Å². The van der Waals surface area contributed by atoms with Crippen LogP contribution in [0.1, 0.15) is 11.3 Å². The zero-order valence-corrected chi connectivity index (χ0v) is 9.16. The molecular weight excluding hydrogens is 192 g/mol. The number of nitrogens with zero attached hydrogens (tertiary/aromatic N) is 1. The van der Waals surface area contributed by atoms with Crippen molar-refractivity contribution in [1.29, 1.82) is 0 Å². The molecule has 0 saturated heterocycles. The van der Waals surface area contributed by atoms with Gasteiger partial charge in [0.1, 0.15) is 12.1 Å². The summed E-state index contributed by atoms with van der Waals surface area (Å²) in [7, 11) is 1.91. The van der Waals surface area contributed by atoms with E-state index in [0.717, 1.165) is 12.2 Å². The van der Waals surface area contributed by atoms with E-state index < -0.39 is 0 Å². The van der Waals surface area contributed by atoms with Crippen LogP contribution >= 0.6 is 0 Å². The Balaban J connectivity index is 0.000000423. The Bertz CT molecular complexity index is 301. The number of anilines is 1. The average Bonchev–Trinajstić information content (AvgIpc) is 2.23. The lowest BCUT2D eigenvalue weighted by Crippen LogP contribution is -2.07. The lowest BCUT2D eigenvalue weighted by Gasteiger charge is -2.03. The largest absolute Gasteiger partial charge is 0.384 e. The minimum Gasteiger partial charge on any atom is -0.384 e. The van der Waals surface area contributed by atoms with Crippen LogP contribution in [0.4, 0.5) is 5.82 Å². The molecule has 1 aromatic rings. The molecule has 0 radical (unpaired) electrons. The van der Waals surface area contributed by atoms with Gasteiger partial charge in [-0.15, -0.1) is 0 Å². The Morgan fingerprint density at radius 1 is 1.53 bits per heavy atom. The summed E-state index contributed by atoms with van der Waals surface area (Å²) < 4.78 is 0. The number of carbonyl (C=O) groups excluding carboxylic acids is 1. The highest BCUT2D eigenvalue weighted by atomic mass is 16.1. The van der Waals surface area contributed by atoms with Gasteiger partial charge in [0.05, 0.1) is 0 Å². The van der Waals surface area contributed by atoms with Crippen molar-refractivity contribution in [3.8, 4) is 0 Å². The average molecular weight is 210 g/mol. The zero-order valence-electron chi connectivity index (χ0n) is 9.16. The van der Waals surface area contributed by atoms with Crippen LogP contribution in [0, 0.1) is 6.92 Å². The van der Waals surface area contributed by atoms with Crippen LogP contribution in [-0.2, 0) is 11.3 Å². The zero-order chi connectivity index (χ0) is 11.7. The SMILES string of the molecule is CNCc1ccc(N)nc1C.NCC=O. The fourth-order valence-corrected chi connectivity index (χ4v) is 0.987. The molecule has 0 fully saturated rings. The van der Waals surface area contributed by atoms with Gasteiger partial charge in [0.25, 0.3) is 0 Å². The van der Waals surface area contributed by atoms with Gasteiger partial charge in [-0.25, -0.2) is 4.98 Å². The van der Waals surface area contributed by atoms with Gasteiger partial charge >= 0.3 is 0 Å². The van der Waals surface area contributed by atoms with Crippen molar-refractivity contribution >= 4 is 12.1 Å². The highest BCUT2D eigenvalue weighted by Crippen LogP contribution is 2.06. The molecule has 0 aliphatic heterocycles. The van der Waals surface area contributed by atoms with E-state index in [4.69, 9.17) is 10.5 Å². The molecule has 5 heteroatoms. The van der Waals surface area contributed by atoms with Gasteiger partial charge in [0.15, 0.2) is 0 Å². The molecule has 5 nitrogen and oxygen atoms in total. The van der Waals surface area contributed by atoms with E-state index in [0.29, 0.717) is 12.1 Å². The van der Waals surface area contributed by atoms with E-state index in [1.165, 1.54) is 5.56 Å². The van der Waals surface area contributed by atoms with E-state index >= 15 is 0 Å². The van der Waals surface area contributed by atoms with Crippen molar-refractivity contribution in [2.45, 2.75) is 13.5 Å². The molecule has 0 unspecified atom stereocenters. The number of pyridine rings is 1. The quantitative estimate of drug-likeness (QED) is 0.602. The summed E-state index contributed by atoms with van der Waals surface area (Å²) in [4.78, 5) is 13.2. The molecule has 0 aliphatic rings. The summed E-state index contributed by atoms with van der Waals surface area (Å²) in [5, 5.41) is 3.06. The topological polar surface area (TPSA) is 94.0 Å². The number of hydrogen-bond donors (Lipinski definition) is 3. The first-order valence-electron chi connectivity index (χ1n) is 4.66. The number of nitrogens with one attached hydrogen (secondary N) is 1. The van der Waals surface area contributed by atoms with Crippen molar-refractivity contribution in [3.63, 3.8) is 0 Å². The smallest absolute Gasteiger partial charge is 0.133 e. The van der Waals surface area contributed by atoms with Crippen LogP contribution in [0.5, 0.6) is 0 Å². The van der Waals surface area contributed by atoms with Gasteiger partial charge in [-0.2, -0.15) is 0 Å². The lowest BCUT2D eigenvalue weighted by atomic mass is 10.2. The molecule has 84 valence electrons. The lowest BCUT2D eigenvalue weighted by molar-refractivity contribution is -0.106. The van der Waals surface area contributed by atoms with Gasteiger partial charge in [-0.1, -0.05) is 6.07 Å². The second-order valence-electron chi connectivity index (χ2n) is 2.91. The van der Waals surface area contributed by atoms with E-state index in [2.05, 4.69) is 16.0 Å². The van der Waals surface area contributed by atoms with E-state index in [1.807, 2.05) is 26.1 Å². The van der Waals surface area contributed by atoms with Crippen LogP contribution < -0.4 is 16.8 Å². The van der Waals surface area contributed by atoms with E-state index in [-0.39, 0.29) is 6.54 Å². The van der Waals surface area contributed by atoms with Crippen molar-refractivity contribution in [3.05, 3.63) is 23.4 Å². The number of aromatic nitrogens is 1. The van der Waals surface area contributed by atoms with E-state index in [9.17, 15) is 0 Å². The second-order valence-corrected chi connectivity index (χ2v) is 2.91. The van der Waals surface area contributed by atoms with E-state index in [1.54, 1.807) is 0 Å². The molecule has 0 saturated carbocycles. The van der Waals surface area contributed by atoms with Gasteiger partial charge in [0.2, 0.25) is 0 Å². The molecule has 1 aromatic heterocycles. The standard InChI is InChI=1S/C8H13N3.C2H5NO/c1-6-7(5-10-2)3-4-8(9)11-6;3-1-2-4/h3-4,10H,5H2,1-2H3,(H2,9,11);2H,1,3H2. The first-order chi connectivity index (χ1) is 7.15. The third-order valence-electron chi connectivity index (χ3n) is 1.68. The number of hydrogen-bond acceptors (Lipinski definition) is 5. The Morgan fingerprint density at radius 2 is 2.13 bits per heavy atom. The number of carbonyl (C=O) groups is 1. The van der Waals surface area contributed by atoms with Crippen LogP contribution in [0.15, 0.2) is 12.1 Å². The number of rotatable bonds is 3. The fourth-order valence-electron chi connectivity index (χ4n) is 0.987. The summed E-state index contributed by atoms with van der Waals surface area (Å²) in [6.07, 6.45) is 0.653. The van der Waals surface area contributed by atoms with Gasteiger partial charge in [-0.3, -0.25) is 0 Å². The van der Waals surface area contributed by atoms with Crippen LogP contribution in [-0.4, -0.2) is 24.9 Å². The molecule has 1 heterocycles. The maximum absolute atomic E-state index is 9.05. The van der Waals surface area contributed by atoms with Gasteiger partial charge < -0.3 is 21.6 Å². The molecule has 0 bridgehead atoms. The minimum atomic E-state index is 0.139. The second kappa shape index (κ2) is 7.90. The Morgan fingerprint density at radius 3 is 2.53 bits per heavy atom. The number of nitrogens with two attached hydrogens (primary N) is 2. The fraction of sp³-hybridized carbons (Fsp3) is 0.400. The highest BCUT2D eigenvalue weighted by molar-refractivity contribution is 5.51. The van der Waals surface area contributed by atoms with Crippen LogP contribution in [0.3, 0.4) is 0 Å². The molecule has 0 aromatic carbocycles. The summed E-state index contributed by atoms with van der Waals surface area (Å²) in [5.41, 5.74) is 12.3. The Hall–Kier alpha value is -1.46. The summed E-state index contributed by atoms with van der Waals surface area (Å²) >= 11 is 0. The normalized spacial score (nSPS) is 9.00. The summed E-state index contributed by atoms with van der Waals surface area (Å²) in [5.74, 6) is 0.586. The molecule has 0 atom stereocenters. The molecule has 5 N–H and O–H groups in total. The predicted octanol–water partition coefficient (Wildman–Crippen LogP) is -0.164. The molecule has 0 spiro atoms. The number of nitrogen functional groups attached to an aromatic ring is 1. The third kappa shape index (κ3) is 5.77. The predicted molar refractivity (Wildman–Crippen MR) is 61.3 cm³/mol. The maximum Gasteiger partial charge on any atom is 0.133 e.